The van der Waals surface area contributed by atoms with Crippen molar-refractivity contribution >= 4 is 17.4 Å². The van der Waals surface area contributed by atoms with E-state index < -0.39 is 0 Å². The van der Waals surface area contributed by atoms with Crippen LogP contribution >= 0.6 is 11.8 Å². The number of benzene rings is 1. The smallest absolute Gasteiger partial charge is 0.258 e. The maximum atomic E-state index is 10.7. The van der Waals surface area contributed by atoms with Gasteiger partial charge in [-0.25, -0.2) is 0 Å². The average Bonchev–Trinajstić information content (AvgIpc) is 2.01. The Morgan fingerprint density at radius 1 is 1.43 bits per heavy atom. The summed E-state index contributed by atoms with van der Waals surface area (Å²) in [5, 5.41) is 11.1. The Labute approximate surface area is 87.7 Å². The van der Waals surface area contributed by atoms with Crippen LogP contribution in [0.15, 0.2) is 23.1 Å². The first-order valence-corrected chi connectivity index (χ1v) is 5.30. The number of rotatable bonds is 3. The molecule has 0 saturated heterocycles. The number of aryl methyl sites for hydroxylation is 1. The number of hydrogen-bond donors (Lipinski definition) is 0. The van der Waals surface area contributed by atoms with Gasteiger partial charge in [0, 0.05) is 11.3 Å². The molecule has 76 valence electrons. The van der Waals surface area contributed by atoms with Crippen LogP contribution in [-0.2, 0) is 0 Å². The summed E-state index contributed by atoms with van der Waals surface area (Å²) in [5.74, 6) is 0. The average molecular weight is 211 g/mol. The zero-order valence-electron chi connectivity index (χ0n) is 8.48. The van der Waals surface area contributed by atoms with E-state index >= 15 is 0 Å². The lowest BCUT2D eigenvalue weighted by molar-refractivity contribution is -0.387. The number of hydrogen-bond acceptors (Lipinski definition) is 3. The molecule has 0 bridgehead atoms. The Kier molecular flexibility index (Phi) is 3.52. The molecule has 0 amide bonds. The van der Waals surface area contributed by atoms with Crippen molar-refractivity contribution in [3.8, 4) is 0 Å². The second-order valence-electron chi connectivity index (χ2n) is 3.39. The molecule has 0 spiro atoms. The molecule has 4 heteroatoms. The molecule has 0 radical (unpaired) electrons. The van der Waals surface area contributed by atoms with Gasteiger partial charge >= 0.3 is 0 Å². The Morgan fingerprint density at radius 3 is 2.57 bits per heavy atom. The highest BCUT2D eigenvalue weighted by Gasteiger charge is 2.14. The summed E-state index contributed by atoms with van der Waals surface area (Å²) in [5.41, 5.74) is 1.26. The lowest BCUT2D eigenvalue weighted by atomic mass is 10.2. The minimum atomic E-state index is -0.329. The summed E-state index contributed by atoms with van der Waals surface area (Å²) in [6.07, 6.45) is 0. The summed E-state index contributed by atoms with van der Waals surface area (Å²) in [6.45, 7) is 5.99. The third kappa shape index (κ3) is 2.73. The van der Waals surface area contributed by atoms with Gasteiger partial charge in [0.25, 0.3) is 5.69 Å². The Bertz CT molecular complexity index is 350. The van der Waals surface area contributed by atoms with Gasteiger partial charge in [-0.2, -0.15) is 0 Å². The number of nitro groups is 1. The topological polar surface area (TPSA) is 43.1 Å². The molecule has 0 saturated carbocycles. The van der Waals surface area contributed by atoms with Gasteiger partial charge in [-0.15, -0.1) is 11.8 Å². The van der Waals surface area contributed by atoms with Crippen molar-refractivity contribution in [3.05, 3.63) is 33.9 Å². The molecule has 0 N–H and O–H groups in total. The summed E-state index contributed by atoms with van der Waals surface area (Å²) in [6, 6.07) is 5.20. The monoisotopic (exact) mass is 211 g/mol. The van der Waals surface area contributed by atoms with Crippen LogP contribution in [0.25, 0.3) is 0 Å². The molecule has 14 heavy (non-hydrogen) atoms. The second-order valence-corrected chi connectivity index (χ2v) is 5.01. The van der Waals surface area contributed by atoms with E-state index in [1.165, 1.54) is 11.8 Å². The molecule has 1 aromatic carbocycles. The first-order valence-electron chi connectivity index (χ1n) is 4.42. The number of thioether (sulfide) groups is 1. The van der Waals surface area contributed by atoms with Gasteiger partial charge in [0.1, 0.15) is 0 Å². The number of nitrogens with zero attached hydrogens (tertiary/aromatic N) is 1. The lowest BCUT2D eigenvalue weighted by Crippen LogP contribution is -1.94. The van der Waals surface area contributed by atoms with Crippen molar-refractivity contribution in [3.63, 3.8) is 0 Å². The van der Waals surface area contributed by atoms with Crippen LogP contribution in [0.4, 0.5) is 5.69 Å². The first-order chi connectivity index (χ1) is 6.50. The van der Waals surface area contributed by atoms with E-state index in [4.69, 9.17) is 0 Å². The van der Waals surface area contributed by atoms with E-state index in [-0.39, 0.29) is 10.6 Å². The van der Waals surface area contributed by atoms with Crippen LogP contribution in [0, 0.1) is 17.0 Å². The number of nitro benzene ring substituents is 1. The standard InChI is InChI=1S/C10H13NO2S/c1-7(2)14-10-6-8(3)4-5-9(10)11(12)13/h4-7H,1-3H3. The molecule has 0 unspecified atom stereocenters. The van der Waals surface area contributed by atoms with Gasteiger partial charge < -0.3 is 0 Å². The van der Waals surface area contributed by atoms with E-state index in [1.54, 1.807) is 12.1 Å². The van der Waals surface area contributed by atoms with Crippen LogP contribution in [-0.4, -0.2) is 10.2 Å². The van der Waals surface area contributed by atoms with Crippen molar-refractivity contribution in [2.75, 3.05) is 0 Å². The lowest BCUT2D eigenvalue weighted by Gasteiger charge is -2.06. The third-order valence-corrected chi connectivity index (χ3v) is 2.73. The van der Waals surface area contributed by atoms with E-state index in [2.05, 4.69) is 0 Å². The minimum Gasteiger partial charge on any atom is -0.258 e. The fourth-order valence-corrected chi connectivity index (χ4v) is 2.15. The zero-order valence-corrected chi connectivity index (χ0v) is 9.30. The summed E-state index contributed by atoms with van der Waals surface area (Å²) in [7, 11) is 0. The molecule has 0 aliphatic heterocycles. The largest absolute Gasteiger partial charge is 0.282 e. The molecule has 1 aromatic rings. The molecular weight excluding hydrogens is 198 g/mol. The summed E-state index contributed by atoms with van der Waals surface area (Å²) < 4.78 is 0. The van der Waals surface area contributed by atoms with Crippen molar-refractivity contribution in [1.29, 1.82) is 0 Å². The van der Waals surface area contributed by atoms with E-state index in [0.29, 0.717) is 5.25 Å². The fraction of sp³-hybridized carbons (Fsp3) is 0.400. The quantitative estimate of drug-likeness (QED) is 0.437. The third-order valence-electron chi connectivity index (χ3n) is 1.67. The van der Waals surface area contributed by atoms with E-state index in [0.717, 1.165) is 10.5 Å². The Hall–Kier alpha value is -1.03. The van der Waals surface area contributed by atoms with Crippen LogP contribution in [0.3, 0.4) is 0 Å². The fourth-order valence-electron chi connectivity index (χ4n) is 1.12. The van der Waals surface area contributed by atoms with Gasteiger partial charge in [-0.05, 0) is 18.6 Å². The molecule has 0 fully saturated rings. The summed E-state index contributed by atoms with van der Waals surface area (Å²) >= 11 is 1.53. The zero-order chi connectivity index (χ0) is 10.7. The van der Waals surface area contributed by atoms with Crippen molar-refractivity contribution in [1.82, 2.24) is 0 Å². The maximum Gasteiger partial charge on any atom is 0.282 e. The molecule has 0 aliphatic rings. The normalized spacial score (nSPS) is 10.6. The van der Waals surface area contributed by atoms with E-state index in [1.807, 2.05) is 26.8 Å². The van der Waals surface area contributed by atoms with Gasteiger partial charge in [0.05, 0.1) is 9.82 Å². The first kappa shape index (κ1) is 11.0. The van der Waals surface area contributed by atoms with Crippen molar-refractivity contribution in [2.24, 2.45) is 0 Å². The van der Waals surface area contributed by atoms with Gasteiger partial charge in [0.15, 0.2) is 0 Å². The highest BCUT2D eigenvalue weighted by molar-refractivity contribution is 8.00. The predicted molar refractivity (Wildman–Crippen MR) is 58.8 cm³/mol. The molecule has 3 nitrogen and oxygen atoms in total. The Balaban J connectivity index is 3.09. The molecule has 0 aromatic heterocycles. The predicted octanol–water partition coefficient (Wildman–Crippen LogP) is 3.40. The Morgan fingerprint density at radius 2 is 2.07 bits per heavy atom. The van der Waals surface area contributed by atoms with Gasteiger partial charge in [0.2, 0.25) is 0 Å². The molecule has 0 heterocycles. The van der Waals surface area contributed by atoms with E-state index in [9.17, 15) is 10.1 Å². The SMILES string of the molecule is Cc1ccc([N+](=O)[O-])c(SC(C)C)c1. The van der Waals surface area contributed by atoms with Gasteiger partial charge in [-0.1, -0.05) is 19.9 Å². The highest BCUT2D eigenvalue weighted by atomic mass is 32.2. The maximum absolute atomic E-state index is 10.7. The van der Waals surface area contributed by atoms with Crippen molar-refractivity contribution in [2.45, 2.75) is 30.9 Å². The van der Waals surface area contributed by atoms with Crippen LogP contribution in [0.2, 0.25) is 0 Å². The van der Waals surface area contributed by atoms with Crippen LogP contribution < -0.4 is 0 Å². The minimum absolute atomic E-state index is 0.203. The highest BCUT2D eigenvalue weighted by Crippen LogP contribution is 2.32. The molecule has 0 atom stereocenters. The van der Waals surface area contributed by atoms with Crippen LogP contribution in [0.5, 0.6) is 0 Å². The van der Waals surface area contributed by atoms with Crippen molar-refractivity contribution < 1.29 is 4.92 Å². The van der Waals surface area contributed by atoms with Gasteiger partial charge in [-0.3, -0.25) is 10.1 Å². The molecular formula is C10H13NO2S. The molecule has 1 rings (SSSR count). The molecule has 0 aliphatic carbocycles. The summed E-state index contributed by atoms with van der Waals surface area (Å²) in [4.78, 5) is 11.1. The second kappa shape index (κ2) is 4.46. The van der Waals surface area contributed by atoms with Crippen LogP contribution in [0.1, 0.15) is 19.4 Å².